The first kappa shape index (κ1) is 37.2. The van der Waals surface area contributed by atoms with Gasteiger partial charge in [0.1, 0.15) is 0 Å². The highest BCUT2D eigenvalue weighted by atomic mass is 15.2. The second-order valence-corrected chi connectivity index (χ2v) is 14.9. The maximum Gasteiger partial charge on any atom is 0.160 e. The molecule has 8 aromatic carbocycles. The van der Waals surface area contributed by atoms with Crippen LogP contribution in [0.1, 0.15) is 30.9 Å². The minimum absolute atomic E-state index is 0.715. The van der Waals surface area contributed by atoms with Crippen molar-refractivity contribution in [1.82, 2.24) is 9.97 Å². The molecule has 0 fully saturated rings. The van der Waals surface area contributed by atoms with E-state index in [1.807, 2.05) is 24.3 Å². The highest BCUT2D eigenvalue weighted by Crippen LogP contribution is 2.40. The minimum atomic E-state index is 0.715. The van der Waals surface area contributed by atoms with Crippen LogP contribution in [0.3, 0.4) is 0 Å². The molecule has 0 aliphatic heterocycles. The fraction of sp³-hybridized carbons (Fsp3) is 0.0714. The first-order valence-electron chi connectivity index (χ1n) is 20.5. The van der Waals surface area contributed by atoms with Crippen molar-refractivity contribution < 1.29 is 0 Å². The van der Waals surface area contributed by atoms with Crippen LogP contribution in [0, 0.1) is 6.92 Å². The quantitative estimate of drug-likeness (QED) is 0.131. The van der Waals surface area contributed by atoms with Crippen LogP contribution in [-0.2, 0) is 0 Å². The van der Waals surface area contributed by atoms with Crippen molar-refractivity contribution in [2.75, 3.05) is 4.90 Å². The Kier molecular flexibility index (Phi) is 10.7. The molecule has 0 bridgehead atoms. The zero-order valence-electron chi connectivity index (χ0n) is 33.5. The van der Waals surface area contributed by atoms with Gasteiger partial charge in [-0.25, -0.2) is 9.97 Å². The van der Waals surface area contributed by atoms with Crippen molar-refractivity contribution in [1.29, 1.82) is 0 Å². The number of rotatable bonds is 11. The lowest BCUT2D eigenvalue weighted by molar-refractivity contribution is 0.956. The summed E-state index contributed by atoms with van der Waals surface area (Å²) in [6, 6.07) is 73.2. The first-order chi connectivity index (χ1) is 29.1. The summed E-state index contributed by atoms with van der Waals surface area (Å²) in [7, 11) is 0. The van der Waals surface area contributed by atoms with Crippen LogP contribution in [0.25, 0.3) is 72.6 Å². The van der Waals surface area contributed by atoms with E-state index in [2.05, 4.69) is 207 Å². The van der Waals surface area contributed by atoms with E-state index in [4.69, 9.17) is 9.97 Å². The fourth-order valence-corrected chi connectivity index (χ4v) is 7.95. The minimum Gasteiger partial charge on any atom is -0.310 e. The zero-order valence-corrected chi connectivity index (χ0v) is 33.5. The normalized spacial score (nSPS) is 11.5. The topological polar surface area (TPSA) is 29.0 Å². The molecule has 284 valence electrons. The molecule has 9 aromatic rings. The van der Waals surface area contributed by atoms with Crippen molar-refractivity contribution in [3.8, 4) is 56.2 Å². The molecule has 0 N–H and O–H groups in total. The lowest BCUT2D eigenvalue weighted by Crippen LogP contribution is -2.16. The maximum absolute atomic E-state index is 5.07. The Hall–Kier alpha value is -7.36. The van der Waals surface area contributed by atoms with Crippen LogP contribution < -0.4 is 4.90 Å². The van der Waals surface area contributed by atoms with E-state index in [1.165, 1.54) is 50.0 Å². The second kappa shape index (κ2) is 17.0. The van der Waals surface area contributed by atoms with E-state index in [-0.39, 0.29) is 0 Å². The van der Waals surface area contributed by atoms with E-state index in [9.17, 15) is 0 Å². The summed E-state index contributed by atoms with van der Waals surface area (Å²) in [6.45, 7) is 4.43. The number of anilines is 2. The third-order valence-electron chi connectivity index (χ3n) is 11.0. The van der Waals surface area contributed by atoms with Crippen molar-refractivity contribution in [3.63, 3.8) is 0 Å². The molecule has 0 saturated carbocycles. The van der Waals surface area contributed by atoms with Crippen LogP contribution >= 0.6 is 0 Å². The van der Waals surface area contributed by atoms with Crippen LogP contribution in [0.5, 0.6) is 0 Å². The van der Waals surface area contributed by atoms with Crippen LogP contribution in [0.4, 0.5) is 11.4 Å². The summed E-state index contributed by atoms with van der Waals surface area (Å²) < 4.78 is 0. The predicted octanol–water partition coefficient (Wildman–Crippen LogP) is 15.3. The number of hydrogen-bond acceptors (Lipinski definition) is 3. The summed E-state index contributed by atoms with van der Waals surface area (Å²) in [5.74, 6) is 0.715. The van der Waals surface area contributed by atoms with Crippen molar-refractivity contribution in [2.45, 2.75) is 26.7 Å². The van der Waals surface area contributed by atoms with E-state index < -0.39 is 0 Å². The van der Waals surface area contributed by atoms with Gasteiger partial charge in [0.05, 0.1) is 11.4 Å². The number of aryl methyl sites for hydroxylation is 1. The van der Waals surface area contributed by atoms with E-state index >= 15 is 0 Å². The van der Waals surface area contributed by atoms with Gasteiger partial charge in [0.15, 0.2) is 5.82 Å². The number of para-hydroxylation sites is 2. The third-order valence-corrected chi connectivity index (χ3v) is 11.0. The van der Waals surface area contributed by atoms with Gasteiger partial charge in [-0.1, -0.05) is 201 Å². The predicted molar refractivity (Wildman–Crippen MR) is 249 cm³/mol. The Morgan fingerprint density at radius 2 is 1.00 bits per heavy atom. The van der Waals surface area contributed by atoms with E-state index in [1.54, 1.807) is 0 Å². The third kappa shape index (κ3) is 7.84. The van der Waals surface area contributed by atoms with Gasteiger partial charge in [-0.05, 0) is 81.8 Å². The maximum atomic E-state index is 5.07. The van der Waals surface area contributed by atoms with Crippen molar-refractivity contribution in [3.05, 3.63) is 223 Å². The number of hydrogen-bond donors (Lipinski definition) is 0. The number of aromatic nitrogens is 2. The molecule has 0 spiro atoms. The lowest BCUT2D eigenvalue weighted by Gasteiger charge is -2.30. The summed E-state index contributed by atoms with van der Waals surface area (Å²) in [4.78, 5) is 12.5. The van der Waals surface area contributed by atoms with Gasteiger partial charge in [0.2, 0.25) is 0 Å². The molecule has 0 unspecified atom stereocenters. The molecular formula is C56H45N3. The molecule has 9 rings (SSSR count). The highest BCUT2D eigenvalue weighted by molar-refractivity contribution is 6.06. The summed E-state index contributed by atoms with van der Waals surface area (Å²) in [6.07, 6.45) is 4.44. The van der Waals surface area contributed by atoms with E-state index in [0.717, 1.165) is 52.2 Å². The fourth-order valence-electron chi connectivity index (χ4n) is 7.95. The molecule has 0 amide bonds. The number of benzene rings is 8. The highest BCUT2D eigenvalue weighted by Gasteiger charge is 2.19. The number of unbranched alkanes of at least 4 members (excludes halogenated alkanes) is 1. The molecule has 1 aromatic heterocycles. The lowest BCUT2D eigenvalue weighted by atomic mass is 9.90. The molecule has 59 heavy (non-hydrogen) atoms. The van der Waals surface area contributed by atoms with Gasteiger partial charge >= 0.3 is 0 Å². The molecule has 1 heterocycles. The van der Waals surface area contributed by atoms with Crippen LogP contribution in [-0.4, -0.2) is 9.97 Å². The van der Waals surface area contributed by atoms with Gasteiger partial charge in [-0.3, -0.25) is 0 Å². The van der Waals surface area contributed by atoms with Gasteiger partial charge in [0, 0.05) is 33.8 Å². The molecular weight excluding hydrogens is 715 g/mol. The number of fused-ring (bicyclic) bond motifs is 1. The number of allylic oxidation sites excluding steroid dienone is 1. The van der Waals surface area contributed by atoms with Crippen molar-refractivity contribution >= 4 is 27.8 Å². The Labute approximate surface area is 347 Å². The largest absolute Gasteiger partial charge is 0.310 e. The van der Waals surface area contributed by atoms with Gasteiger partial charge in [-0.15, -0.1) is 0 Å². The van der Waals surface area contributed by atoms with E-state index in [0.29, 0.717) is 5.82 Å². The zero-order chi connectivity index (χ0) is 40.0. The second-order valence-electron chi connectivity index (χ2n) is 14.9. The summed E-state index contributed by atoms with van der Waals surface area (Å²) in [5.41, 5.74) is 15.6. The SMILES string of the molecule is CCC/C=C(\c1ccc(-c2cccc3cccc(-c4ccc(-c5cc(-c6ccccc6)nc(-c6ccccc6)n5)cc4)c23)cc1)N(c1ccccc1)c1ccccc1C. The summed E-state index contributed by atoms with van der Waals surface area (Å²) >= 11 is 0. The molecule has 0 aliphatic carbocycles. The Bertz CT molecular complexity index is 2800. The van der Waals surface area contributed by atoms with Crippen LogP contribution in [0.2, 0.25) is 0 Å². The monoisotopic (exact) mass is 759 g/mol. The average molecular weight is 760 g/mol. The standard InChI is InChI=1S/C56H45N3/c1-3-4-29-54(59(48-25-12-7-13-26-48)53-30-15-14-18-40(53)2)45-37-33-42(34-38-45)50-28-17-24-46-23-16-27-49(55(46)50)41-31-35-44(36-32-41)52-39-51(43-19-8-5-9-20-43)57-56(58-52)47-21-10-6-11-22-47/h5-39H,3-4H2,1-2H3/b54-29+. The number of nitrogens with zero attached hydrogens (tertiary/aromatic N) is 3. The summed E-state index contributed by atoms with van der Waals surface area (Å²) in [5, 5.41) is 2.45. The molecule has 0 radical (unpaired) electrons. The molecule has 0 saturated heterocycles. The molecule has 0 atom stereocenters. The molecule has 0 aliphatic rings. The Balaban J connectivity index is 1.09. The van der Waals surface area contributed by atoms with Gasteiger partial charge < -0.3 is 4.90 Å². The first-order valence-corrected chi connectivity index (χ1v) is 20.5. The smallest absolute Gasteiger partial charge is 0.160 e. The average Bonchev–Trinajstić information content (AvgIpc) is 3.31. The van der Waals surface area contributed by atoms with Crippen molar-refractivity contribution in [2.24, 2.45) is 0 Å². The Morgan fingerprint density at radius 1 is 0.492 bits per heavy atom. The molecule has 3 heteroatoms. The Morgan fingerprint density at radius 3 is 1.59 bits per heavy atom. The van der Waals surface area contributed by atoms with Gasteiger partial charge in [0.25, 0.3) is 0 Å². The molecule has 3 nitrogen and oxygen atoms in total. The van der Waals surface area contributed by atoms with Crippen LogP contribution in [0.15, 0.2) is 212 Å². The van der Waals surface area contributed by atoms with Gasteiger partial charge in [-0.2, -0.15) is 0 Å².